The normalized spacial score (nSPS) is 14.2. The first-order valence-corrected chi connectivity index (χ1v) is 10.6. The van der Waals surface area contributed by atoms with Crippen LogP contribution in [0.4, 0.5) is 0 Å². The van der Waals surface area contributed by atoms with Crippen molar-refractivity contribution >= 4 is 5.91 Å². The maximum atomic E-state index is 12.6. The number of hydrogen-bond acceptors (Lipinski definition) is 4. The van der Waals surface area contributed by atoms with Gasteiger partial charge in [-0.05, 0) is 69.2 Å². The van der Waals surface area contributed by atoms with Gasteiger partial charge in [0.05, 0.1) is 30.1 Å². The molecule has 0 spiro atoms. The average molecular weight is 405 g/mol. The lowest BCUT2D eigenvalue weighted by Gasteiger charge is -2.14. The largest absolute Gasteiger partial charge is 0.491 e. The van der Waals surface area contributed by atoms with Crippen molar-refractivity contribution in [2.45, 2.75) is 58.2 Å². The molecule has 0 radical (unpaired) electrons. The number of hydrogen-bond donors (Lipinski definition) is 1. The number of nitrogens with zero attached hydrogens (tertiary/aromatic N) is 3. The standard InChI is InChI=1S/C24H28N4O2/c1-17(2)30-22-9-7-19(8-10-22)24(29)26-16-20-15-23(18-11-13-25-14-12-18)28(27-20)21-5-3-4-6-21/h7-15,17,21H,3-6,16H2,1-2H3,(H,26,29). The van der Waals surface area contributed by atoms with Crippen molar-refractivity contribution in [2.24, 2.45) is 0 Å². The Morgan fingerprint density at radius 2 is 1.83 bits per heavy atom. The zero-order valence-corrected chi connectivity index (χ0v) is 17.5. The molecule has 30 heavy (non-hydrogen) atoms. The number of carbonyl (C=O) groups is 1. The van der Waals surface area contributed by atoms with Crippen LogP contribution in [0.1, 0.15) is 61.6 Å². The van der Waals surface area contributed by atoms with Gasteiger partial charge in [0.25, 0.3) is 5.91 Å². The predicted octanol–water partition coefficient (Wildman–Crippen LogP) is 4.78. The van der Waals surface area contributed by atoms with Crippen LogP contribution in [0.5, 0.6) is 5.75 Å². The smallest absolute Gasteiger partial charge is 0.251 e. The van der Waals surface area contributed by atoms with Crippen molar-refractivity contribution < 1.29 is 9.53 Å². The van der Waals surface area contributed by atoms with Crippen LogP contribution < -0.4 is 10.1 Å². The minimum Gasteiger partial charge on any atom is -0.491 e. The lowest BCUT2D eigenvalue weighted by Crippen LogP contribution is -2.23. The highest BCUT2D eigenvalue weighted by Crippen LogP contribution is 2.33. The van der Waals surface area contributed by atoms with E-state index in [1.807, 2.05) is 38.1 Å². The molecular formula is C24H28N4O2. The summed E-state index contributed by atoms with van der Waals surface area (Å²) in [6, 6.07) is 13.7. The fourth-order valence-electron chi connectivity index (χ4n) is 3.93. The number of carbonyl (C=O) groups excluding carboxylic acids is 1. The third kappa shape index (κ3) is 4.70. The maximum Gasteiger partial charge on any atom is 0.251 e. The minimum absolute atomic E-state index is 0.106. The van der Waals surface area contributed by atoms with E-state index in [0.717, 1.165) is 35.5 Å². The van der Waals surface area contributed by atoms with Crippen LogP contribution in [0, 0.1) is 0 Å². The number of amides is 1. The first-order chi connectivity index (χ1) is 14.6. The second-order valence-corrected chi connectivity index (χ2v) is 8.01. The van der Waals surface area contributed by atoms with Gasteiger partial charge in [-0.15, -0.1) is 0 Å². The van der Waals surface area contributed by atoms with E-state index in [-0.39, 0.29) is 12.0 Å². The lowest BCUT2D eigenvalue weighted by molar-refractivity contribution is 0.0950. The molecule has 0 atom stereocenters. The van der Waals surface area contributed by atoms with Gasteiger partial charge >= 0.3 is 0 Å². The molecule has 0 bridgehead atoms. The Morgan fingerprint density at radius 1 is 1.13 bits per heavy atom. The highest BCUT2D eigenvalue weighted by molar-refractivity contribution is 5.94. The van der Waals surface area contributed by atoms with Crippen LogP contribution in [-0.4, -0.2) is 26.8 Å². The Hall–Kier alpha value is -3.15. The van der Waals surface area contributed by atoms with Crippen molar-refractivity contribution in [3.8, 4) is 17.0 Å². The molecule has 0 saturated heterocycles. The number of ether oxygens (including phenoxy) is 1. The molecule has 1 saturated carbocycles. The molecule has 6 heteroatoms. The monoisotopic (exact) mass is 404 g/mol. The van der Waals surface area contributed by atoms with Gasteiger partial charge < -0.3 is 10.1 Å². The first kappa shape index (κ1) is 20.1. The van der Waals surface area contributed by atoms with Crippen molar-refractivity contribution in [3.63, 3.8) is 0 Å². The summed E-state index contributed by atoms with van der Waals surface area (Å²) in [7, 11) is 0. The number of nitrogens with one attached hydrogen (secondary N) is 1. The third-order valence-corrected chi connectivity index (χ3v) is 5.35. The quantitative estimate of drug-likeness (QED) is 0.615. The molecule has 3 aromatic rings. The van der Waals surface area contributed by atoms with Gasteiger partial charge in [-0.3, -0.25) is 14.5 Å². The molecule has 1 amide bonds. The number of pyridine rings is 1. The van der Waals surface area contributed by atoms with Crippen molar-refractivity contribution in [1.82, 2.24) is 20.1 Å². The number of rotatable bonds is 7. The Morgan fingerprint density at radius 3 is 2.50 bits per heavy atom. The molecule has 0 aliphatic heterocycles. The zero-order chi connectivity index (χ0) is 20.9. The number of aromatic nitrogens is 3. The fraction of sp³-hybridized carbons (Fsp3) is 0.375. The summed E-state index contributed by atoms with van der Waals surface area (Å²) in [6.45, 7) is 4.35. The van der Waals surface area contributed by atoms with Crippen LogP contribution in [0.2, 0.25) is 0 Å². The van der Waals surface area contributed by atoms with E-state index in [1.165, 1.54) is 12.8 Å². The van der Waals surface area contributed by atoms with Gasteiger partial charge in [0.2, 0.25) is 0 Å². The van der Waals surface area contributed by atoms with Crippen LogP contribution in [-0.2, 0) is 6.54 Å². The van der Waals surface area contributed by atoms with Crippen LogP contribution in [0.3, 0.4) is 0 Å². The van der Waals surface area contributed by atoms with Crippen LogP contribution >= 0.6 is 0 Å². The average Bonchev–Trinajstić information content (AvgIpc) is 3.42. The highest BCUT2D eigenvalue weighted by atomic mass is 16.5. The number of benzene rings is 1. The summed E-state index contributed by atoms with van der Waals surface area (Å²) in [5.74, 6) is 0.644. The van der Waals surface area contributed by atoms with E-state index in [1.54, 1.807) is 24.5 Å². The second kappa shape index (κ2) is 9.11. The van der Waals surface area contributed by atoms with Gasteiger partial charge in [0, 0.05) is 23.5 Å². The molecule has 1 aromatic carbocycles. The molecule has 156 valence electrons. The Kier molecular flexibility index (Phi) is 6.12. The van der Waals surface area contributed by atoms with E-state index in [4.69, 9.17) is 9.84 Å². The fourth-order valence-corrected chi connectivity index (χ4v) is 3.93. The topological polar surface area (TPSA) is 69.0 Å². The SMILES string of the molecule is CC(C)Oc1ccc(C(=O)NCc2cc(-c3ccncc3)n(C3CCCC3)n2)cc1. The molecule has 1 aliphatic rings. The summed E-state index contributed by atoms with van der Waals surface area (Å²) in [4.78, 5) is 16.7. The summed E-state index contributed by atoms with van der Waals surface area (Å²) >= 11 is 0. The van der Waals surface area contributed by atoms with E-state index in [9.17, 15) is 4.79 Å². The molecule has 1 aliphatic carbocycles. The third-order valence-electron chi connectivity index (χ3n) is 5.35. The van der Waals surface area contributed by atoms with Crippen molar-refractivity contribution in [3.05, 3.63) is 66.1 Å². The molecule has 6 nitrogen and oxygen atoms in total. The maximum absolute atomic E-state index is 12.6. The molecule has 1 N–H and O–H groups in total. The van der Waals surface area contributed by atoms with Gasteiger partial charge in [-0.1, -0.05) is 12.8 Å². The van der Waals surface area contributed by atoms with Gasteiger partial charge in [0.15, 0.2) is 0 Å². The summed E-state index contributed by atoms with van der Waals surface area (Å²) in [5, 5.41) is 7.83. The molecule has 2 aromatic heterocycles. The molecule has 4 rings (SSSR count). The molecule has 2 heterocycles. The lowest BCUT2D eigenvalue weighted by atomic mass is 10.1. The van der Waals surface area contributed by atoms with Gasteiger partial charge in [-0.25, -0.2) is 0 Å². The summed E-state index contributed by atoms with van der Waals surface area (Å²) < 4.78 is 7.78. The Bertz CT molecular complexity index is 974. The predicted molar refractivity (Wildman–Crippen MR) is 116 cm³/mol. The van der Waals surface area contributed by atoms with E-state index in [2.05, 4.69) is 21.0 Å². The highest BCUT2D eigenvalue weighted by Gasteiger charge is 2.22. The second-order valence-electron chi connectivity index (χ2n) is 8.01. The Balaban J connectivity index is 1.47. The van der Waals surface area contributed by atoms with Gasteiger partial charge in [-0.2, -0.15) is 5.10 Å². The van der Waals surface area contributed by atoms with Crippen LogP contribution in [0.25, 0.3) is 11.3 Å². The molecule has 1 fully saturated rings. The van der Waals surface area contributed by atoms with E-state index in [0.29, 0.717) is 18.2 Å². The van der Waals surface area contributed by atoms with Gasteiger partial charge in [0.1, 0.15) is 5.75 Å². The zero-order valence-electron chi connectivity index (χ0n) is 17.5. The van der Waals surface area contributed by atoms with Crippen molar-refractivity contribution in [2.75, 3.05) is 0 Å². The summed E-state index contributed by atoms with van der Waals surface area (Å²) in [5.41, 5.74) is 3.66. The minimum atomic E-state index is -0.119. The van der Waals surface area contributed by atoms with E-state index < -0.39 is 0 Å². The van der Waals surface area contributed by atoms with E-state index >= 15 is 0 Å². The molecule has 0 unspecified atom stereocenters. The summed E-state index contributed by atoms with van der Waals surface area (Å²) in [6.07, 6.45) is 8.48. The van der Waals surface area contributed by atoms with Crippen molar-refractivity contribution in [1.29, 1.82) is 0 Å². The van der Waals surface area contributed by atoms with Crippen LogP contribution in [0.15, 0.2) is 54.9 Å². The Labute approximate surface area is 177 Å². The first-order valence-electron chi connectivity index (χ1n) is 10.6. The molecular weight excluding hydrogens is 376 g/mol.